The smallest absolute Gasteiger partial charge is 0.115 e. The van der Waals surface area contributed by atoms with Crippen molar-refractivity contribution in [2.45, 2.75) is 17.2 Å². The highest BCUT2D eigenvalue weighted by Crippen LogP contribution is 2.28. The van der Waals surface area contributed by atoms with Crippen LogP contribution >= 0.6 is 23.4 Å². The van der Waals surface area contributed by atoms with E-state index in [4.69, 9.17) is 22.4 Å². The zero-order chi connectivity index (χ0) is 9.84. The van der Waals surface area contributed by atoms with E-state index in [1.807, 2.05) is 6.92 Å². The lowest BCUT2D eigenvalue weighted by molar-refractivity contribution is 0.300. The number of anilines is 1. The van der Waals surface area contributed by atoms with Gasteiger partial charge in [-0.1, -0.05) is 30.3 Å². The van der Waals surface area contributed by atoms with Gasteiger partial charge >= 0.3 is 0 Å². The number of halogens is 1. The number of thioether (sulfide) groups is 1. The highest BCUT2D eigenvalue weighted by molar-refractivity contribution is 8.00. The van der Waals surface area contributed by atoms with E-state index in [0.29, 0.717) is 15.7 Å². The zero-order valence-electron chi connectivity index (χ0n) is 7.20. The number of nitrogens with zero attached hydrogens (tertiary/aromatic N) is 1. The summed E-state index contributed by atoms with van der Waals surface area (Å²) in [6, 6.07) is 1.65. The Labute approximate surface area is 86.3 Å². The summed E-state index contributed by atoms with van der Waals surface area (Å²) < 4.78 is 0. The van der Waals surface area contributed by atoms with Crippen LogP contribution in [-0.4, -0.2) is 21.9 Å². The van der Waals surface area contributed by atoms with Crippen LogP contribution in [0.15, 0.2) is 17.3 Å². The van der Waals surface area contributed by atoms with Crippen LogP contribution in [0.4, 0.5) is 5.69 Å². The summed E-state index contributed by atoms with van der Waals surface area (Å²) in [6.07, 6.45) is 1.55. The third-order valence-electron chi connectivity index (χ3n) is 1.40. The molecule has 0 saturated heterocycles. The second-order valence-electron chi connectivity index (χ2n) is 2.67. The average Bonchev–Trinajstić information content (AvgIpc) is 2.09. The summed E-state index contributed by atoms with van der Waals surface area (Å²) in [5, 5.41) is 10.2. The van der Waals surface area contributed by atoms with Crippen LogP contribution in [0.25, 0.3) is 0 Å². The van der Waals surface area contributed by atoms with Crippen LogP contribution in [0.1, 0.15) is 6.92 Å². The third kappa shape index (κ3) is 3.06. The predicted molar refractivity (Wildman–Crippen MR) is 56.1 cm³/mol. The molecule has 0 radical (unpaired) electrons. The SMILES string of the molecule is CC(CO)Sc1ncc(N)cc1Cl. The average molecular weight is 219 g/mol. The van der Waals surface area contributed by atoms with Crippen molar-refractivity contribution in [1.29, 1.82) is 0 Å². The van der Waals surface area contributed by atoms with Crippen molar-refractivity contribution in [2.75, 3.05) is 12.3 Å². The molecule has 0 spiro atoms. The fourth-order valence-electron chi connectivity index (χ4n) is 0.755. The first-order valence-electron chi connectivity index (χ1n) is 3.82. The molecule has 5 heteroatoms. The minimum Gasteiger partial charge on any atom is -0.397 e. The van der Waals surface area contributed by atoms with E-state index >= 15 is 0 Å². The molecule has 0 aliphatic heterocycles. The Morgan fingerprint density at radius 2 is 2.46 bits per heavy atom. The monoisotopic (exact) mass is 218 g/mol. The van der Waals surface area contributed by atoms with Crippen molar-refractivity contribution >= 4 is 29.1 Å². The number of rotatable bonds is 3. The van der Waals surface area contributed by atoms with Crippen LogP contribution in [-0.2, 0) is 0 Å². The molecule has 1 unspecified atom stereocenters. The maximum absolute atomic E-state index is 8.83. The number of aliphatic hydroxyl groups excluding tert-OH is 1. The molecule has 0 bridgehead atoms. The summed E-state index contributed by atoms with van der Waals surface area (Å²) in [5.74, 6) is 0. The van der Waals surface area contributed by atoms with E-state index in [2.05, 4.69) is 4.98 Å². The summed E-state index contributed by atoms with van der Waals surface area (Å²) in [6.45, 7) is 2.01. The lowest BCUT2D eigenvalue weighted by Gasteiger charge is -2.07. The number of pyridine rings is 1. The van der Waals surface area contributed by atoms with Gasteiger partial charge in [0.15, 0.2) is 0 Å². The normalized spacial score (nSPS) is 12.8. The quantitative estimate of drug-likeness (QED) is 0.760. The van der Waals surface area contributed by atoms with Gasteiger partial charge in [-0.15, -0.1) is 0 Å². The first kappa shape index (κ1) is 10.6. The van der Waals surface area contributed by atoms with Crippen molar-refractivity contribution in [2.24, 2.45) is 0 Å². The van der Waals surface area contributed by atoms with Crippen LogP contribution in [0, 0.1) is 0 Å². The number of nitrogen functional groups attached to an aromatic ring is 1. The van der Waals surface area contributed by atoms with Gasteiger partial charge in [0.05, 0.1) is 23.5 Å². The lowest BCUT2D eigenvalue weighted by atomic mass is 10.4. The molecule has 0 amide bonds. The molecule has 0 saturated carbocycles. The minimum absolute atomic E-state index is 0.0913. The van der Waals surface area contributed by atoms with E-state index in [1.54, 1.807) is 12.3 Å². The fraction of sp³-hybridized carbons (Fsp3) is 0.375. The third-order valence-corrected chi connectivity index (χ3v) is 2.90. The number of aliphatic hydroxyl groups is 1. The molecule has 1 aromatic heterocycles. The summed E-state index contributed by atoms with van der Waals surface area (Å²) in [4.78, 5) is 4.06. The summed E-state index contributed by atoms with van der Waals surface area (Å²) in [5.41, 5.74) is 6.03. The Morgan fingerprint density at radius 1 is 1.77 bits per heavy atom. The molecule has 1 aromatic rings. The summed E-state index contributed by atoms with van der Waals surface area (Å²) >= 11 is 7.32. The largest absolute Gasteiger partial charge is 0.397 e. The molecule has 13 heavy (non-hydrogen) atoms. The Balaban J connectivity index is 2.77. The lowest BCUT2D eigenvalue weighted by Crippen LogP contribution is -2.02. The van der Waals surface area contributed by atoms with E-state index in [9.17, 15) is 0 Å². The summed E-state index contributed by atoms with van der Waals surface area (Å²) in [7, 11) is 0. The van der Waals surface area contributed by atoms with Gasteiger partial charge in [0.25, 0.3) is 0 Å². The van der Waals surface area contributed by atoms with Crippen LogP contribution in [0.5, 0.6) is 0 Å². The van der Waals surface area contributed by atoms with E-state index in [-0.39, 0.29) is 11.9 Å². The van der Waals surface area contributed by atoms with Gasteiger partial charge in [0, 0.05) is 5.25 Å². The Bertz CT molecular complexity index is 295. The Morgan fingerprint density at radius 3 is 3.00 bits per heavy atom. The van der Waals surface area contributed by atoms with Gasteiger partial charge in [-0.05, 0) is 6.07 Å². The molecule has 1 heterocycles. The van der Waals surface area contributed by atoms with E-state index in [1.165, 1.54) is 11.8 Å². The molecule has 0 fully saturated rings. The van der Waals surface area contributed by atoms with Crippen LogP contribution < -0.4 is 5.73 Å². The standard InChI is InChI=1S/C8H11ClN2OS/c1-5(4-12)13-8-7(9)2-6(10)3-11-8/h2-3,5,12H,4,10H2,1H3. The van der Waals surface area contributed by atoms with Crippen LogP contribution in [0.2, 0.25) is 5.02 Å². The molecular formula is C8H11ClN2OS. The van der Waals surface area contributed by atoms with Crippen molar-refractivity contribution in [1.82, 2.24) is 4.98 Å². The predicted octanol–water partition coefficient (Wildman–Crippen LogP) is 1.79. The highest BCUT2D eigenvalue weighted by Gasteiger charge is 2.07. The molecule has 0 aromatic carbocycles. The number of hydrogen-bond acceptors (Lipinski definition) is 4. The van der Waals surface area contributed by atoms with Gasteiger partial charge in [-0.2, -0.15) is 0 Å². The second-order valence-corrected chi connectivity index (χ2v) is 4.50. The molecule has 0 aliphatic carbocycles. The molecular weight excluding hydrogens is 208 g/mol. The Hall–Kier alpha value is -0.450. The van der Waals surface area contributed by atoms with Crippen molar-refractivity contribution in [3.05, 3.63) is 17.3 Å². The van der Waals surface area contributed by atoms with Crippen molar-refractivity contribution < 1.29 is 5.11 Å². The highest BCUT2D eigenvalue weighted by atomic mass is 35.5. The minimum atomic E-state index is 0.0913. The number of nitrogens with two attached hydrogens (primary N) is 1. The first-order chi connectivity index (χ1) is 6.13. The van der Waals surface area contributed by atoms with Gasteiger partial charge in [0.2, 0.25) is 0 Å². The molecule has 1 atom stereocenters. The molecule has 3 nitrogen and oxygen atoms in total. The number of hydrogen-bond donors (Lipinski definition) is 2. The maximum atomic E-state index is 8.83. The van der Waals surface area contributed by atoms with Gasteiger partial charge in [0.1, 0.15) is 5.03 Å². The maximum Gasteiger partial charge on any atom is 0.115 e. The molecule has 0 aliphatic rings. The second kappa shape index (κ2) is 4.69. The fourth-order valence-corrected chi connectivity index (χ4v) is 1.80. The van der Waals surface area contributed by atoms with Crippen molar-refractivity contribution in [3.63, 3.8) is 0 Å². The Kier molecular flexibility index (Phi) is 3.84. The first-order valence-corrected chi connectivity index (χ1v) is 5.07. The number of aromatic nitrogens is 1. The van der Waals surface area contributed by atoms with Gasteiger partial charge in [-0.3, -0.25) is 0 Å². The van der Waals surface area contributed by atoms with E-state index < -0.39 is 0 Å². The zero-order valence-corrected chi connectivity index (χ0v) is 8.77. The van der Waals surface area contributed by atoms with Crippen LogP contribution in [0.3, 0.4) is 0 Å². The van der Waals surface area contributed by atoms with Gasteiger partial charge in [-0.25, -0.2) is 4.98 Å². The topological polar surface area (TPSA) is 59.1 Å². The molecule has 72 valence electrons. The molecule has 1 rings (SSSR count). The van der Waals surface area contributed by atoms with E-state index in [0.717, 1.165) is 0 Å². The van der Waals surface area contributed by atoms with Gasteiger partial charge < -0.3 is 10.8 Å². The van der Waals surface area contributed by atoms with Crippen molar-refractivity contribution in [3.8, 4) is 0 Å². The molecule has 3 N–H and O–H groups in total.